The molecule has 108 valence electrons. The molecule has 1 aliphatic rings. The van der Waals surface area contributed by atoms with E-state index < -0.39 is 23.6 Å². The van der Waals surface area contributed by atoms with Crippen LogP contribution in [-0.4, -0.2) is 25.3 Å². The summed E-state index contributed by atoms with van der Waals surface area (Å²) in [6.45, 7) is -0.400. The fourth-order valence-corrected chi connectivity index (χ4v) is 1.72. The van der Waals surface area contributed by atoms with E-state index >= 15 is 0 Å². The molecule has 0 atom stereocenters. The molecule has 0 aromatic heterocycles. The predicted octanol–water partition coefficient (Wildman–Crippen LogP) is 3.10. The largest absolute Gasteiger partial charge is 0.483 e. The molecule has 1 amide bonds. The molecule has 1 aliphatic heterocycles. The van der Waals surface area contributed by atoms with E-state index in [0.29, 0.717) is 0 Å². The lowest BCUT2D eigenvalue weighted by Gasteiger charge is -2.22. The zero-order chi connectivity index (χ0) is 14.8. The summed E-state index contributed by atoms with van der Waals surface area (Å²) >= 11 is 5.81. The highest BCUT2D eigenvalue weighted by molar-refractivity contribution is 6.33. The van der Waals surface area contributed by atoms with E-state index in [-0.39, 0.29) is 23.9 Å². The number of nitrogens with one attached hydrogen (secondary N) is 1. The van der Waals surface area contributed by atoms with Crippen LogP contribution in [0.1, 0.15) is 0 Å². The van der Waals surface area contributed by atoms with Crippen LogP contribution in [0.2, 0.25) is 5.02 Å². The Morgan fingerprint density at radius 3 is 2.50 bits per heavy atom. The number of carbonyl (C=O) groups excluding carboxylic acids is 1. The van der Waals surface area contributed by atoms with Gasteiger partial charge in [0.2, 0.25) is 11.5 Å². The first-order valence-electron chi connectivity index (χ1n) is 5.52. The lowest BCUT2D eigenvalue weighted by molar-refractivity contribution is -0.151. The minimum atomic E-state index is -4.80. The van der Waals surface area contributed by atoms with Crippen molar-refractivity contribution in [2.75, 3.05) is 18.5 Å². The van der Waals surface area contributed by atoms with E-state index in [9.17, 15) is 18.0 Å². The Morgan fingerprint density at radius 2 is 1.85 bits per heavy atom. The number of ether oxygens (including phenoxy) is 2. The third-order valence-corrected chi connectivity index (χ3v) is 2.70. The summed E-state index contributed by atoms with van der Waals surface area (Å²) in [6, 6.07) is 6.16. The number of rotatable bonds is 2. The summed E-state index contributed by atoms with van der Waals surface area (Å²) in [5, 5.41) is 2.45. The lowest BCUT2D eigenvalue weighted by atomic mass is 10.3. The first-order valence-corrected chi connectivity index (χ1v) is 5.90. The quantitative estimate of drug-likeness (QED) is 0.913. The molecule has 0 bridgehead atoms. The van der Waals surface area contributed by atoms with Gasteiger partial charge in [-0.15, -0.1) is 0 Å². The number of allylic oxidation sites excluding steroid dienone is 1. The molecule has 1 aromatic carbocycles. The van der Waals surface area contributed by atoms with Crippen molar-refractivity contribution in [1.29, 1.82) is 0 Å². The van der Waals surface area contributed by atoms with Gasteiger partial charge in [0.1, 0.15) is 13.2 Å². The standard InChI is InChI=1S/C12H9ClF3NO3/c13-7-3-1-2-4-8(7)17-11(18)9-10(12(14,15)16)20-6-5-19-9/h1-4H,5-6H2,(H,17,18). The molecule has 1 aromatic rings. The van der Waals surface area contributed by atoms with Crippen molar-refractivity contribution in [2.24, 2.45) is 0 Å². The van der Waals surface area contributed by atoms with Crippen LogP contribution in [0.5, 0.6) is 0 Å². The molecular weight excluding hydrogens is 299 g/mol. The molecule has 2 rings (SSSR count). The number of carbonyl (C=O) groups is 1. The van der Waals surface area contributed by atoms with Crippen molar-refractivity contribution in [3.05, 3.63) is 40.8 Å². The van der Waals surface area contributed by atoms with Gasteiger partial charge in [-0.2, -0.15) is 13.2 Å². The van der Waals surface area contributed by atoms with E-state index in [4.69, 9.17) is 16.3 Å². The molecule has 0 saturated carbocycles. The number of halogens is 4. The van der Waals surface area contributed by atoms with Crippen LogP contribution in [0, 0.1) is 0 Å². The summed E-state index contributed by atoms with van der Waals surface area (Å²) in [7, 11) is 0. The SMILES string of the molecule is O=C(Nc1ccccc1Cl)C1=C(C(F)(F)F)OCCO1. The van der Waals surface area contributed by atoms with Gasteiger partial charge in [-0.25, -0.2) is 0 Å². The van der Waals surface area contributed by atoms with Gasteiger partial charge in [-0.3, -0.25) is 4.79 Å². The van der Waals surface area contributed by atoms with Crippen LogP contribution in [-0.2, 0) is 14.3 Å². The number of hydrogen-bond donors (Lipinski definition) is 1. The lowest BCUT2D eigenvalue weighted by Crippen LogP contribution is -2.30. The number of hydrogen-bond acceptors (Lipinski definition) is 3. The first-order chi connectivity index (χ1) is 9.39. The molecule has 20 heavy (non-hydrogen) atoms. The highest BCUT2D eigenvalue weighted by Gasteiger charge is 2.43. The fourth-order valence-electron chi connectivity index (χ4n) is 1.54. The maximum atomic E-state index is 12.7. The zero-order valence-corrected chi connectivity index (χ0v) is 10.7. The van der Waals surface area contributed by atoms with E-state index in [0.717, 1.165) is 0 Å². The van der Waals surface area contributed by atoms with Gasteiger partial charge in [0, 0.05) is 0 Å². The summed E-state index contributed by atoms with van der Waals surface area (Å²) in [5.41, 5.74) is 0.183. The normalized spacial score (nSPS) is 15.4. The Balaban J connectivity index is 2.27. The molecule has 0 aliphatic carbocycles. The summed E-state index contributed by atoms with van der Waals surface area (Å²) in [6.07, 6.45) is -4.80. The molecule has 0 unspecified atom stereocenters. The van der Waals surface area contributed by atoms with E-state index in [1.165, 1.54) is 12.1 Å². The van der Waals surface area contributed by atoms with Crippen molar-refractivity contribution in [3.63, 3.8) is 0 Å². The van der Waals surface area contributed by atoms with Gasteiger partial charge in [0.05, 0.1) is 10.7 Å². The van der Waals surface area contributed by atoms with Crippen molar-refractivity contribution in [1.82, 2.24) is 0 Å². The van der Waals surface area contributed by atoms with Gasteiger partial charge in [0.25, 0.3) is 5.91 Å². The van der Waals surface area contributed by atoms with E-state index in [1.807, 2.05) is 0 Å². The summed E-state index contributed by atoms with van der Waals surface area (Å²) in [4.78, 5) is 11.8. The molecular formula is C12H9ClF3NO3. The van der Waals surface area contributed by atoms with Gasteiger partial charge < -0.3 is 14.8 Å². The molecule has 0 radical (unpaired) electrons. The van der Waals surface area contributed by atoms with Gasteiger partial charge >= 0.3 is 6.18 Å². The molecule has 0 spiro atoms. The molecule has 0 saturated heterocycles. The number of amides is 1. The molecule has 1 N–H and O–H groups in total. The average Bonchev–Trinajstić information content (AvgIpc) is 2.40. The number of benzene rings is 1. The van der Waals surface area contributed by atoms with E-state index in [2.05, 4.69) is 10.1 Å². The third kappa shape index (κ3) is 3.16. The van der Waals surface area contributed by atoms with Crippen LogP contribution < -0.4 is 5.32 Å². The van der Waals surface area contributed by atoms with Crippen molar-refractivity contribution in [3.8, 4) is 0 Å². The van der Waals surface area contributed by atoms with Crippen LogP contribution >= 0.6 is 11.6 Å². The average molecular weight is 308 g/mol. The van der Waals surface area contributed by atoms with E-state index in [1.54, 1.807) is 12.1 Å². The third-order valence-electron chi connectivity index (χ3n) is 2.37. The van der Waals surface area contributed by atoms with Crippen molar-refractivity contribution < 1.29 is 27.4 Å². The monoisotopic (exact) mass is 307 g/mol. The number of para-hydroxylation sites is 1. The minimum absolute atomic E-state index is 0.134. The van der Waals surface area contributed by atoms with Crippen LogP contribution in [0.4, 0.5) is 18.9 Å². The zero-order valence-electron chi connectivity index (χ0n) is 9.96. The van der Waals surface area contributed by atoms with Crippen molar-refractivity contribution in [2.45, 2.75) is 6.18 Å². The topological polar surface area (TPSA) is 47.6 Å². The molecule has 4 nitrogen and oxygen atoms in total. The highest BCUT2D eigenvalue weighted by atomic mass is 35.5. The Bertz CT molecular complexity index is 557. The molecule has 1 heterocycles. The van der Waals surface area contributed by atoms with Crippen LogP contribution in [0.3, 0.4) is 0 Å². The predicted molar refractivity (Wildman–Crippen MR) is 65.1 cm³/mol. The maximum absolute atomic E-state index is 12.7. The fraction of sp³-hybridized carbons (Fsp3) is 0.250. The van der Waals surface area contributed by atoms with Gasteiger partial charge in [-0.05, 0) is 12.1 Å². The second kappa shape index (κ2) is 5.62. The summed E-state index contributed by atoms with van der Waals surface area (Å²) < 4.78 is 47.4. The molecule has 8 heteroatoms. The van der Waals surface area contributed by atoms with Crippen LogP contribution in [0.25, 0.3) is 0 Å². The highest BCUT2D eigenvalue weighted by Crippen LogP contribution is 2.32. The maximum Gasteiger partial charge on any atom is 0.453 e. The Hall–Kier alpha value is -1.89. The second-order valence-corrected chi connectivity index (χ2v) is 4.19. The van der Waals surface area contributed by atoms with Gasteiger partial charge in [-0.1, -0.05) is 23.7 Å². The Labute approximate surface area is 117 Å². The smallest absolute Gasteiger partial charge is 0.453 e. The Morgan fingerprint density at radius 1 is 1.20 bits per heavy atom. The van der Waals surface area contributed by atoms with Crippen LogP contribution in [0.15, 0.2) is 35.8 Å². The minimum Gasteiger partial charge on any atom is -0.483 e. The number of alkyl halides is 3. The first kappa shape index (κ1) is 14.5. The Kier molecular flexibility index (Phi) is 4.08. The van der Waals surface area contributed by atoms with Crippen molar-refractivity contribution >= 4 is 23.2 Å². The second-order valence-electron chi connectivity index (χ2n) is 3.79. The number of anilines is 1. The molecule has 0 fully saturated rings. The summed E-state index contributed by atoms with van der Waals surface area (Å²) in [5.74, 6) is -3.40. The van der Waals surface area contributed by atoms with Gasteiger partial charge in [0.15, 0.2) is 0 Å².